The number of guanidine groups is 1. The van der Waals surface area contributed by atoms with Crippen LogP contribution >= 0.6 is 11.6 Å². The minimum absolute atomic E-state index is 0.0187. The fourth-order valence-corrected chi connectivity index (χ4v) is 3.81. The molecule has 2 saturated heterocycles. The van der Waals surface area contributed by atoms with Crippen molar-refractivity contribution in [3.8, 4) is 5.75 Å². The Morgan fingerprint density at radius 2 is 2.19 bits per heavy atom. The van der Waals surface area contributed by atoms with Crippen LogP contribution < -0.4 is 10.1 Å². The number of benzene rings is 1. The molecule has 0 aromatic heterocycles. The predicted molar refractivity (Wildman–Crippen MR) is 110 cm³/mol. The van der Waals surface area contributed by atoms with Crippen molar-refractivity contribution in [3.05, 3.63) is 29.3 Å². The number of aliphatic imine (C=N–C) groups is 1. The molecule has 0 spiro atoms. The summed E-state index contributed by atoms with van der Waals surface area (Å²) in [5.41, 5.74) is 0. The molecule has 150 valence electrons. The Balaban J connectivity index is 1.54. The molecule has 3 rings (SSSR count). The van der Waals surface area contributed by atoms with Gasteiger partial charge in [-0.3, -0.25) is 4.90 Å². The van der Waals surface area contributed by atoms with Crippen LogP contribution in [0.15, 0.2) is 29.3 Å². The molecule has 0 saturated carbocycles. The summed E-state index contributed by atoms with van der Waals surface area (Å²) in [4.78, 5) is 9.75. The zero-order valence-electron chi connectivity index (χ0n) is 16.4. The summed E-state index contributed by atoms with van der Waals surface area (Å²) in [5.74, 6) is 1.76. The van der Waals surface area contributed by atoms with Gasteiger partial charge in [0.25, 0.3) is 0 Å². The van der Waals surface area contributed by atoms with Gasteiger partial charge in [-0.2, -0.15) is 0 Å². The van der Waals surface area contributed by atoms with Gasteiger partial charge in [-0.1, -0.05) is 17.7 Å². The Labute approximate surface area is 167 Å². The van der Waals surface area contributed by atoms with Gasteiger partial charge in [0, 0.05) is 43.8 Å². The fraction of sp³-hybridized carbons (Fsp3) is 0.650. The van der Waals surface area contributed by atoms with Gasteiger partial charge in [-0.15, -0.1) is 0 Å². The third-order valence-corrected chi connectivity index (χ3v) is 5.23. The highest BCUT2D eigenvalue weighted by Crippen LogP contribution is 2.19. The van der Waals surface area contributed by atoms with E-state index in [-0.39, 0.29) is 6.10 Å². The first-order valence-electron chi connectivity index (χ1n) is 9.93. The monoisotopic (exact) mass is 394 g/mol. The summed E-state index contributed by atoms with van der Waals surface area (Å²) in [5, 5.41) is 4.12. The maximum Gasteiger partial charge on any atom is 0.194 e. The maximum atomic E-state index is 6.02. The van der Waals surface area contributed by atoms with Gasteiger partial charge in [0.1, 0.15) is 11.9 Å². The molecule has 0 bridgehead atoms. The van der Waals surface area contributed by atoms with Gasteiger partial charge in [0.2, 0.25) is 0 Å². The van der Waals surface area contributed by atoms with Crippen molar-refractivity contribution in [3.63, 3.8) is 0 Å². The number of hydrogen-bond donors (Lipinski definition) is 1. The van der Waals surface area contributed by atoms with Crippen LogP contribution in [0.5, 0.6) is 5.75 Å². The summed E-state index contributed by atoms with van der Waals surface area (Å²) in [6, 6.07) is 8.09. The quantitative estimate of drug-likeness (QED) is 0.593. The summed E-state index contributed by atoms with van der Waals surface area (Å²) < 4.78 is 11.4. The van der Waals surface area contributed by atoms with Crippen LogP contribution in [0.4, 0.5) is 0 Å². The van der Waals surface area contributed by atoms with E-state index in [1.165, 1.54) is 6.42 Å². The zero-order chi connectivity index (χ0) is 19.1. The molecule has 2 heterocycles. The van der Waals surface area contributed by atoms with Crippen LogP contribution in [-0.4, -0.2) is 80.4 Å². The second-order valence-corrected chi connectivity index (χ2v) is 7.55. The summed E-state index contributed by atoms with van der Waals surface area (Å²) in [6.07, 6.45) is 1.16. The summed E-state index contributed by atoms with van der Waals surface area (Å²) in [6.45, 7) is 11.5. The van der Waals surface area contributed by atoms with E-state index >= 15 is 0 Å². The molecule has 2 fully saturated rings. The van der Waals surface area contributed by atoms with Gasteiger partial charge < -0.3 is 19.7 Å². The largest absolute Gasteiger partial charge is 0.489 e. The zero-order valence-corrected chi connectivity index (χ0v) is 17.1. The van der Waals surface area contributed by atoms with E-state index in [0.29, 0.717) is 17.6 Å². The number of nitrogens with one attached hydrogen (secondary N) is 1. The van der Waals surface area contributed by atoms with Crippen LogP contribution in [0, 0.1) is 0 Å². The first-order valence-corrected chi connectivity index (χ1v) is 10.3. The Bertz CT molecular complexity index is 622. The number of rotatable bonds is 6. The van der Waals surface area contributed by atoms with E-state index < -0.39 is 0 Å². The lowest BCUT2D eigenvalue weighted by molar-refractivity contribution is 0.0195. The third kappa shape index (κ3) is 5.99. The van der Waals surface area contributed by atoms with E-state index in [0.717, 1.165) is 57.6 Å². The molecule has 0 aliphatic carbocycles. The number of hydrogen-bond acceptors (Lipinski definition) is 4. The lowest BCUT2D eigenvalue weighted by Crippen LogP contribution is -2.46. The first-order chi connectivity index (χ1) is 13.2. The number of likely N-dealkylation sites (tertiary alicyclic amines) is 1. The predicted octanol–water partition coefficient (Wildman–Crippen LogP) is 2.48. The Kier molecular flexibility index (Phi) is 7.61. The maximum absolute atomic E-state index is 6.02. The molecule has 7 heteroatoms. The first kappa shape index (κ1) is 20.2. The average Bonchev–Trinajstić information content (AvgIpc) is 3.16. The van der Waals surface area contributed by atoms with Crippen molar-refractivity contribution >= 4 is 17.6 Å². The van der Waals surface area contributed by atoms with Gasteiger partial charge in [0.05, 0.1) is 19.8 Å². The standard InChI is InChI=1S/C20H31ClN4O2/c1-3-22-20(23-14-16(2)27-19-6-4-5-17(21)13-19)25-8-7-18(15-25)24-9-11-26-12-10-24/h4-6,13,16,18H,3,7-12,14-15H2,1-2H3,(H,22,23). The lowest BCUT2D eigenvalue weighted by Gasteiger charge is -2.32. The molecule has 1 aromatic rings. The van der Waals surface area contributed by atoms with Gasteiger partial charge in [-0.05, 0) is 38.5 Å². The lowest BCUT2D eigenvalue weighted by atomic mass is 10.2. The van der Waals surface area contributed by atoms with Crippen LogP contribution in [0.2, 0.25) is 5.02 Å². The fourth-order valence-electron chi connectivity index (χ4n) is 3.63. The number of halogens is 1. The Hall–Kier alpha value is -1.50. The molecular weight excluding hydrogens is 364 g/mol. The normalized spacial score (nSPS) is 22.7. The van der Waals surface area contributed by atoms with Gasteiger partial charge >= 0.3 is 0 Å². The molecule has 2 atom stereocenters. The summed E-state index contributed by atoms with van der Waals surface area (Å²) >= 11 is 6.02. The van der Waals surface area contributed by atoms with Crippen LogP contribution in [0.1, 0.15) is 20.3 Å². The van der Waals surface area contributed by atoms with Crippen LogP contribution in [-0.2, 0) is 4.74 Å². The summed E-state index contributed by atoms with van der Waals surface area (Å²) in [7, 11) is 0. The third-order valence-electron chi connectivity index (χ3n) is 4.99. The van der Waals surface area contributed by atoms with Crippen molar-refractivity contribution in [2.24, 2.45) is 4.99 Å². The number of nitrogens with zero attached hydrogens (tertiary/aromatic N) is 3. The molecule has 2 aliphatic rings. The SMILES string of the molecule is CCNC(=NCC(C)Oc1cccc(Cl)c1)N1CCC(N2CCOCC2)C1. The van der Waals surface area contributed by atoms with Crippen molar-refractivity contribution in [1.82, 2.24) is 15.1 Å². The molecule has 0 radical (unpaired) electrons. The molecule has 6 nitrogen and oxygen atoms in total. The van der Waals surface area contributed by atoms with E-state index in [1.807, 2.05) is 31.2 Å². The van der Waals surface area contributed by atoms with Crippen LogP contribution in [0.25, 0.3) is 0 Å². The van der Waals surface area contributed by atoms with E-state index in [4.69, 9.17) is 26.1 Å². The average molecular weight is 395 g/mol. The Morgan fingerprint density at radius 1 is 1.37 bits per heavy atom. The second kappa shape index (κ2) is 10.2. The van der Waals surface area contributed by atoms with Crippen molar-refractivity contribution in [2.75, 3.05) is 52.5 Å². The van der Waals surface area contributed by atoms with E-state index in [1.54, 1.807) is 0 Å². The highest BCUT2D eigenvalue weighted by molar-refractivity contribution is 6.30. The molecule has 2 unspecified atom stereocenters. The molecule has 1 aromatic carbocycles. The van der Waals surface area contributed by atoms with Crippen molar-refractivity contribution < 1.29 is 9.47 Å². The van der Waals surface area contributed by atoms with Crippen molar-refractivity contribution in [1.29, 1.82) is 0 Å². The minimum atomic E-state index is -0.0187. The minimum Gasteiger partial charge on any atom is -0.489 e. The highest BCUT2D eigenvalue weighted by atomic mass is 35.5. The highest BCUT2D eigenvalue weighted by Gasteiger charge is 2.30. The van der Waals surface area contributed by atoms with Crippen molar-refractivity contribution in [2.45, 2.75) is 32.4 Å². The smallest absolute Gasteiger partial charge is 0.194 e. The Morgan fingerprint density at radius 3 is 2.93 bits per heavy atom. The topological polar surface area (TPSA) is 49.3 Å². The van der Waals surface area contributed by atoms with E-state index in [2.05, 4.69) is 22.0 Å². The molecule has 0 amide bonds. The number of morpholine rings is 1. The molecule has 2 aliphatic heterocycles. The number of ether oxygens (including phenoxy) is 2. The molecule has 1 N–H and O–H groups in total. The second-order valence-electron chi connectivity index (χ2n) is 7.12. The molecule has 27 heavy (non-hydrogen) atoms. The van der Waals surface area contributed by atoms with Gasteiger partial charge in [-0.25, -0.2) is 4.99 Å². The van der Waals surface area contributed by atoms with Crippen LogP contribution in [0.3, 0.4) is 0 Å². The van der Waals surface area contributed by atoms with E-state index in [9.17, 15) is 0 Å². The van der Waals surface area contributed by atoms with Gasteiger partial charge in [0.15, 0.2) is 5.96 Å². The molecular formula is C20H31ClN4O2.